The predicted molar refractivity (Wildman–Crippen MR) is 73.5 cm³/mol. The maximum absolute atomic E-state index is 13.5. The molecule has 5 heteroatoms. The summed E-state index contributed by atoms with van der Waals surface area (Å²) < 4.78 is 32.1. The van der Waals surface area contributed by atoms with Crippen LogP contribution in [0.2, 0.25) is 0 Å². The van der Waals surface area contributed by atoms with Gasteiger partial charge in [0.1, 0.15) is 11.6 Å². The van der Waals surface area contributed by atoms with E-state index in [-0.39, 0.29) is 24.5 Å². The van der Waals surface area contributed by atoms with Crippen LogP contribution in [0.15, 0.2) is 18.2 Å². The lowest BCUT2D eigenvalue weighted by atomic mass is 10.1. The normalized spacial score (nSPS) is 22.4. The van der Waals surface area contributed by atoms with Gasteiger partial charge in [-0.3, -0.25) is 4.79 Å². The number of rotatable bonds is 4. The van der Waals surface area contributed by atoms with Crippen molar-refractivity contribution >= 4 is 5.91 Å². The van der Waals surface area contributed by atoms with Crippen LogP contribution in [0.4, 0.5) is 8.78 Å². The van der Waals surface area contributed by atoms with Crippen LogP contribution in [-0.2, 0) is 16.1 Å². The van der Waals surface area contributed by atoms with Gasteiger partial charge >= 0.3 is 0 Å². The lowest BCUT2D eigenvalue weighted by Crippen LogP contribution is -2.43. The molecule has 1 atom stereocenters. The molecule has 1 saturated heterocycles. The minimum atomic E-state index is -0.588. The molecule has 0 aromatic heterocycles. The third-order valence-corrected chi connectivity index (χ3v) is 4.11. The maximum atomic E-state index is 13.5. The Kier molecular flexibility index (Phi) is 4.19. The van der Waals surface area contributed by atoms with Gasteiger partial charge in [0, 0.05) is 30.6 Å². The number of carbonyl (C=O) groups excluding carboxylic acids is 1. The number of hydrogen-bond acceptors (Lipinski definition) is 2. The number of piperidine rings is 1. The van der Waals surface area contributed by atoms with Crippen LogP contribution >= 0.6 is 0 Å². The molecule has 1 heterocycles. The quantitative estimate of drug-likeness (QED) is 0.855. The van der Waals surface area contributed by atoms with Gasteiger partial charge in [0.25, 0.3) is 0 Å². The van der Waals surface area contributed by atoms with E-state index in [0.717, 1.165) is 38.3 Å². The van der Waals surface area contributed by atoms with E-state index in [2.05, 4.69) is 0 Å². The van der Waals surface area contributed by atoms with E-state index < -0.39 is 11.6 Å². The maximum Gasteiger partial charge on any atom is 0.225 e. The van der Waals surface area contributed by atoms with E-state index in [4.69, 9.17) is 4.74 Å². The largest absolute Gasteiger partial charge is 0.372 e. The highest BCUT2D eigenvalue weighted by Crippen LogP contribution is 2.32. The lowest BCUT2D eigenvalue weighted by molar-refractivity contribution is -0.137. The number of hydrogen-bond donors (Lipinski definition) is 0. The Morgan fingerprint density at radius 1 is 1.29 bits per heavy atom. The molecule has 1 aromatic carbocycles. The highest BCUT2D eigenvalue weighted by molar-refractivity contribution is 5.81. The molecule has 3 nitrogen and oxygen atoms in total. The second-order valence-corrected chi connectivity index (χ2v) is 5.87. The molecule has 1 aliphatic carbocycles. The van der Waals surface area contributed by atoms with Gasteiger partial charge in [-0.15, -0.1) is 0 Å². The number of amides is 1. The third-order valence-electron chi connectivity index (χ3n) is 4.11. The number of likely N-dealkylation sites (tertiary alicyclic amines) is 1. The van der Waals surface area contributed by atoms with Crippen molar-refractivity contribution in [1.82, 2.24) is 4.90 Å². The van der Waals surface area contributed by atoms with Gasteiger partial charge in [0.05, 0.1) is 12.7 Å². The summed E-state index contributed by atoms with van der Waals surface area (Å²) in [5.41, 5.74) is 0.349. The van der Waals surface area contributed by atoms with Crippen LogP contribution in [-0.4, -0.2) is 30.0 Å². The third kappa shape index (κ3) is 3.59. The average molecular weight is 295 g/mol. The molecule has 1 amide bonds. The molecule has 1 unspecified atom stereocenters. The smallest absolute Gasteiger partial charge is 0.225 e. The van der Waals surface area contributed by atoms with Gasteiger partial charge in [-0.1, -0.05) is 6.07 Å². The van der Waals surface area contributed by atoms with Gasteiger partial charge in [-0.2, -0.15) is 0 Å². The monoisotopic (exact) mass is 295 g/mol. The topological polar surface area (TPSA) is 29.5 Å². The van der Waals surface area contributed by atoms with E-state index >= 15 is 0 Å². The van der Waals surface area contributed by atoms with Crippen LogP contribution in [0.1, 0.15) is 31.2 Å². The summed E-state index contributed by atoms with van der Waals surface area (Å²) in [7, 11) is 0. The molecule has 2 fully saturated rings. The van der Waals surface area contributed by atoms with Crippen LogP contribution in [0.5, 0.6) is 0 Å². The molecule has 2 aliphatic rings. The summed E-state index contributed by atoms with van der Waals surface area (Å²) in [6, 6.07) is 3.49. The first-order valence-electron chi connectivity index (χ1n) is 7.48. The van der Waals surface area contributed by atoms with Crippen molar-refractivity contribution < 1.29 is 18.3 Å². The minimum absolute atomic E-state index is 0.0640. The fraction of sp³-hybridized carbons (Fsp3) is 0.562. The SMILES string of the molecule is O=C(C1CC1)N1CCCC(OCc2ccc(F)cc2F)C1. The number of carbonyl (C=O) groups is 1. The molecule has 1 aromatic rings. The Morgan fingerprint density at radius 3 is 2.81 bits per heavy atom. The van der Waals surface area contributed by atoms with E-state index in [1.165, 1.54) is 12.1 Å². The molecule has 0 bridgehead atoms. The van der Waals surface area contributed by atoms with Gasteiger partial charge in [-0.25, -0.2) is 8.78 Å². The van der Waals surface area contributed by atoms with Gasteiger partial charge in [-0.05, 0) is 31.7 Å². The zero-order valence-corrected chi connectivity index (χ0v) is 11.9. The van der Waals surface area contributed by atoms with Gasteiger partial charge < -0.3 is 9.64 Å². The second kappa shape index (κ2) is 6.10. The Labute approximate surface area is 122 Å². The number of nitrogens with zero attached hydrogens (tertiary/aromatic N) is 1. The molecule has 21 heavy (non-hydrogen) atoms. The van der Waals surface area contributed by atoms with E-state index in [9.17, 15) is 13.6 Å². The summed E-state index contributed by atoms with van der Waals surface area (Å²) in [6.07, 6.45) is 3.72. The minimum Gasteiger partial charge on any atom is -0.372 e. The van der Waals surface area contributed by atoms with E-state index in [0.29, 0.717) is 12.1 Å². The van der Waals surface area contributed by atoms with E-state index in [1.54, 1.807) is 0 Å². The molecular weight excluding hydrogens is 276 g/mol. The first-order chi connectivity index (χ1) is 10.1. The molecule has 114 valence electrons. The summed E-state index contributed by atoms with van der Waals surface area (Å²) >= 11 is 0. The van der Waals surface area contributed by atoms with Crippen LogP contribution in [0, 0.1) is 17.6 Å². The summed E-state index contributed by atoms with van der Waals surface area (Å²) in [6.45, 7) is 1.49. The molecule has 3 rings (SSSR count). The van der Waals surface area contributed by atoms with Crippen LogP contribution in [0.25, 0.3) is 0 Å². The summed E-state index contributed by atoms with van der Waals surface area (Å²) in [5.74, 6) is -0.721. The molecule has 0 radical (unpaired) electrons. The Hall–Kier alpha value is -1.49. The van der Waals surface area contributed by atoms with Crippen molar-refractivity contribution in [3.05, 3.63) is 35.4 Å². The zero-order valence-electron chi connectivity index (χ0n) is 11.9. The number of halogens is 2. The Bertz CT molecular complexity index is 531. The van der Waals surface area contributed by atoms with Crippen LogP contribution < -0.4 is 0 Å². The second-order valence-electron chi connectivity index (χ2n) is 5.87. The molecule has 0 N–H and O–H groups in total. The van der Waals surface area contributed by atoms with Crippen molar-refractivity contribution in [3.8, 4) is 0 Å². The van der Waals surface area contributed by atoms with Gasteiger partial charge in [0.15, 0.2) is 0 Å². The molecule has 0 spiro atoms. The fourth-order valence-corrected chi connectivity index (χ4v) is 2.71. The Balaban J connectivity index is 1.53. The number of ether oxygens (including phenoxy) is 1. The summed E-state index contributed by atoms with van der Waals surface area (Å²) in [4.78, 5) is 13.9. The van der Waals surface area contributed by atoms with Crippen molar-refractivity contribution in [2.24, 2.45) is 5.92 Å². The van der Waals surface area contributed by atoms with Crippen molar-refractivity contribution in [2.45, 2.75) is 38.4 Å². The first-order valence-corrected chi connectivity index (χ1v) is 7.48. The highest BCUT2D eigenvalue weighted by Gasteiger charge is 2.35. The Morgan fingerprint density at radius 2 is 2.10 bits per heavy atom. The molecule has 1 saturated carbocycles. The first kappa shape index (κ1) is 14.4. The van der Waals surface area contributed by atoms with Crippen molar-refractivity contribution in [2.75, 3.05) is 13.1 Å². The summed E-state index contributed by atoms with van der Waals surface area (Å²) in [5, 5.41) is 0. The van der Waals surface area contributed by atoms with Crippen LogP contribution in [0.3, 0.4) is 0 Å². The van der Waals surface area contributed by atoms with E-state index in [1.807, 2.05) is 4.90 Å². The highest BCUT2D eigenvalue weighted by atomic mass is 19.1. The van der Waals surface area contributed by atoms with Crippen molar-refractivity contribution in [3.63, 3.8) is 0 Å². The fourth-order valence-electron chi connectivity index (χ4n) is 2.71. The lowest BCUT2D eigenvalue weighted by Gasteiger charge is -2.32. The average Bonchev–Trinajstić information content (AvgIpc) is 3.30. The standard InChI is InChI=1S/C16H19F2NO2/c17-13-6-5-12(15(18)8-13)10-21-14-2-1-7-19(9-14)16(20)11-3-4-11/h5-6,8,11,14H,1-4,7,9-10H2. The van der Waals surface area contributed by atoms with Gasteiger partial charge in [0.2, 0.25) is 5.91 Å². The molecule has 1 aliphatic heterocycles. The zero-order chi connectivity index (χ0) is 14.8. The predicted octanol–water partition coefficient (Wildman–Crippen LogP) is 2.88. The molecular formula is C16H19F2NO2. The number of benzene rings is 1. The van der Waals surface area contributed by atoms with Crippen molar-refractivity contribution in [1.29, 1.82) is 0 Å².